The van der Waals surface area contributed by atoms with Crippen LogP contribution in [0.1, 0.15) is 12.8 Å². The van der Waals surface area contributed by atoms with E-state index in [4.69, 9.17) is 4.84 Å². The monoisotopic (exact) mass is 261 g/mol. The Morgan fingerprint density at radius 2 is 2.16 bits per heavy atom. The standard InChI is InChI=1S/C13H19N5O/c1-17(10-4-7-18(19-2)8-5-10)13-11-3-6-14-12(11)15-9-16-13/h3,6,9-10H,4-5,7-8H2,1-2H3,(H,14,15,16). The van der Waals surface area contributed by atoms with Crippen LogP contribution >= 0.6 is 0 Å². The third kappa shape index (κ3) is 2.29. The average molecular weight is 261 g/mol. The minimum Gasteiger partial charge on any atom is -0.356 e. The lowest BCUT2D eigenvalue weighted by Crippen LogP contribution is -2.43. The molecule has 1 aliphatic heterocycles. The van der Waals surface area contributed by atoms with Crippen molar-refractivity contribution in [1.82, 2.24) is 20.0 Å². The molecule has 6 nitrogen and oxygen atoms in total. The molecule has 3 heterocycles. The number of aromatic nitrogens is 3. The molecule has 0 aromatic carbocycles. The third-order valence-corrected chi connectivity index (χ3v) is 3.90. The highest BCUT2D eigenvalue weighted by Crippen LogP contribution is 2.26. The second-order valence-electron chi connectivity index (χ2n) is 4.89. The molecule has 2 aromatic rings. The Labute approximate surface area is 112 Å². The van der Waals surface area contributed by atoms with Crippen molar-refractivity contribution in [3.05, 3.63) is 18.6 Å². The van der Waals surface area contributed by atoms with Crippen molar-refractivity contribution in [2.75, 3.05) is 32.1 Å². The first-order chi connectivity index (χ1) is 9.29. The summed E-state index contributed by atoms with van der Waals surface area (Å²) in [6.07, 6.45) is 5.69. The van der Waals surface area contributed by atoms with Gasteiger partial charge in [0, 0.05) is 32.4 Å². The zero-order chi connectivity index (χ0) is 13.2. The number of nitrogens with zero attached hydrogens (tertiary/aromatic N) is 4. The predicted molar refractivity (Wildman–Crippen MR) is 73.9 cm³/mol. The van der Waals surface area contributed by atoms with E-state index in [1.165, 1.54) is 0 Å². The molecule has 1 fully saturated rings. The predicted octanol–water partition coefficient (Wildman–Crippen LogP) is 1.42. The normalized spacial score (nSPS) is 18.0. The third-order valence-electron chi connectivity index (χ3n) is 3.90. The highest BCUT2D eigenvalue weighted by Gasteiger charge is 2.24. The van der Waals surface area contributed by atoms with Gasteiger partial charge in [0.2, 0.25) is 0 Å². The molecule has 1 N–H and O–H groups in total. The Balaban J connectivity index is 1.80. The van der Waals surface area contributed by atoms with Gasteiger partial charge in [-0.3, -0.25) is 0 Å². The van der Waals surface area contributed by atoms with Crippen molar-refractivity contribution in [3.8, 4) is 0 Å². The van der Waals surface area contributed by atoms with Crippen LogP contribution in [0.5, 0.6) is 0 Å². The molecule has 2 aromatic heterocycles. The fourth-order valence-corrected chi connectivity index (χ4v) is 2.72. The number of anilines is 1. The van der Waals surface area contributed by atoms with Gasteiger partial charge in [-0.05, 0) is 18.9 Å². The summed E-state index contributed by atoms with van der Waals surface area (Å²) in [5.41, 5.74) is 0.895. The quantitative estimate of drug-likeness (QED) is 0.905. The molecule has 1 saturated heterocycles. The van der Waals surface area contributed by atoms with Gasteiger partial charge < -0.3 is 14.7 Å². The number of rotatable bonds is 3. The van der Waals surface area contributed by atoms with Crippen LogP contribution in [0.25, 0.3) is 11.0 Å². The van der Waals surface area contributed by atoms with Crippen molar-refractivity contribution in [2.24, 2.45) is 0 Å². The van der Waals surface area contributed by atoms with E-state index in [0.29, 0.717) is 6.04 Å². The molecule has 0 amide bonds. The summed E-state index contributed by atoms with van der Waals surface area (Å²) in [4.78, 5) is 19.3. The van der Waals surface area contributed by atoms with Gasteiger partial charge in [-0.1, -0.05) is 0 Å². The van der Waals surface area contributed by atoms with Crippen LogP contribution in [0.4, 0.5) is 5.82 Å². The number of hydrogen-bond acceptors (Lipinski definition) is 5. The fraction of sp³-hybridized carbons (Fsp3) is 0.538. The summed E-state index contributed by atoms with van der Waals surface area (Å²) in [5, 5.41) is 3.09. The van der Waals surface area contributed by atoms with Crippen LogP contribution in [0.3, 0.4) is 0 Å². The van der Waals surface area contributed by atoms with Gasteiger partial charge in [0.25, 0.3) is 0 Å². The van der Waals surface area contributed by atoms with E-state index in [1.54, 1.807) is 13.4 Å². The number of fused-ring (bicyclic) bond motifs is 1. The van der Waals surface area contributed by atoms with E-state index in [9.17, 15) is 0 Å². The zero-order valence-electron chi connectivity index (χ0n) is 11.3. The molecule has 0 aliphatic carbocycles. The Morgan fingerprint density at radius 3 is 2.89 bits per heavy atom. The van der Waals surface area contributed by atoms with Crippen LogP contribution in [0.15, 0.2) is 18.6 Å². The van der Waals surface area contributed by atoms with E-state index < -0.39 is 0 Å². The molecule has 0 atom stereocenters. The maximum Gasteiger partial charge on any atom is 0.142 e. The van der Waals surface area contributed by atoms with Crippen molar-refractivity contribution in [2.45, 2.75) is 18.9 Å². The van der Waals surface area contributed by atoms with Crippen molar-refractivity contribution < 1.29 is 4.84 Å². The maximum absolute atomic E-state index is 5.27. The van der Waals surface area contributed by atoms with E-state index in [1.807, 2.05) is 17.3 Å². The topological polar surface area (TPSA) is 57.3 Å². The van der Waals surface area contributed by atoms with Crippen LogP contribution < -0.4 is 4.90 Å². The van der Waals surface area contributed by atoms with Crippen LogP contribution in [0.2, 0.25) is 0 Å². The molecular weight excluding hydrogens is 242 g/mol. The second kappa shape index (κ2) is 5.14. The van der Waals surface area contributed by atoms with Gasteiger partial charge >= 0.3 is 0 Å². The van der Waals surface area contributed by atoms with Gasteiger partial charge in [0.15, 0.2) is 0 Å². The first kappa shape index (κ1) is 12.4. The van der Waals surface area contributed by atoms with Crippen molar-refractivity contribution >= 4 is 16.9 Å². The smallest absolute Gasteiger partial charge is 0.142 e. The zero-order valence-corrected chi connectivity index (χ0v) is 11.3. The van der Waals surface area contributed by atoms with Crippen LogP contribution in [0, 0.1) is 0 Å². The Kier molecular flexibility index (Phi) is 3.35. The molecule has 0 saturated carbocycles. The van der Waals surface area contributed by atoms with Crippen LogP contribution in [-0.4, -0.2) is 53.3 Å². The average Bonchev–Trinajstić information content (AvgIpc) is 2.95. The van der Waals surface area contributed by atoms with Crippen LogP contribution in [-0.2, 0) is 4.84 Å². The van der Waals surface area contributed by atoms with Gasteiger partial charge in [-0.25, -0.2) is 9.97 Å². The molecule has 0 radical (unpaired) electrons. The van der Waals surface area contributed by atoms with Crippen molar-refractivity contribution in [1.29, 1.82) is 0 Å². The lowest BCUT2D eigenvalue weighted by Gasteiger charge is -2.36. The van der Waals surface area contributed by atoms with E-state index in [0.717, 1.165) is 42.8 Å². The number of piperidine rings is 1. The molecule has 0 unspecified atom stereocenters. The summed E-state index contributed by atoms with van der Waals surface area (Å²) in [7, 11) is 3.85. The Hall–Kier alpha value is -1.66. The van der Waals surface area contributed by atoms with Crippen molar-refractivity contribution in [3.63, 3.8) is 0 Å². The SMILES string of the molecule is CON1CCC(N(C)c2ncnc3[nH]ccc23)CC1. The highest BCUT2D eigenvalue weighted by atomic mass is 16.7. The highest BCUT2D eigenvalue weighted by molar-refractivity contribution is 5.87. The number of hydrogen-bond donors (Lipinski definition) is 1. The van der Waals surface area contributed by atoms with E-state index in [2.05, 4.69) is 26.9 Å². The Morgan fingerprint density at radius 1 is 1.37 bits per heavy atom. The molecular formula is C13H19N5O. The van der Waals surface area contributed by atoms with Gasteiger partial charge in [-0.2, -0.15) is 5.06 Å². The summed E-state index contributed by atoms with van der Waals surface area (Å²) >= 11 is 0. The Bertz CT molecular complexity index is 547. The number of aromatic amines is 1. The number of nitrogens with one attached hydrogen (secondary N) is 1. The molecule has 6 heteroatoms. The first-order valence-electron chi connectivity index (χ1n) is 6.59. The molecule has 0 bridgehead atoms. The summed E-state index contributed by atoms with van der Waals surface area (Å²) in [6.45, 7) is 1.93. The largest absolute Gasteiger partial charge is 0.356 e. The lowest BCUT2D eigenvalue weighted by molar-refractivity contribution is -0.143. The van der Waals surface area contributed by atoms with Gasteiger partial charge in [0.05, 0.1) is 12.5 Å². The minimum absolute atomic E-state index is 0.499. The molecule has 0 spiro atoms. The molecule has 3 rings (SSSR count). The lowest BCUT2D eigenvalue weighted by atomic mass is 10.0. The molecule has 1 aliphatic rings. The van der Waals surface area contributed by atoms with Gasteiger partial charge in [0.1, 0.15) is 17.8 Å². The van der Waals surface area contributed by atoms with Gasteiger partial charge in [-0.15, -0.1) is 0 Å². The minimum atomic E-state index is 0.499. The maximum atomic E-state index is 5.27. The number of H-pyrrole nitrogens is 1. The fourth-order valence-electron chi connectivity index (χ4n) is 2.72. The summed E-state index contributed by atoms with van der Waals surface area (Å²) in [6, 6.07) is 2.53. The first-order valence-corrected chi connectivity index (χ1v) is 6.59. The molecule has 19 heavy (non-hydrogen) atoms. The van der Waals surface area contributed by atoms with E-state index in [-0.39, 0.29) is 0 Å². The second-order valence-corrected chi connectivity index (χ2v) is 4.89. The number of hydroxylamine groups is 2. The summed E-state index contributed by atoms with van der Waals surface area (Å²) in [5.74, 6) is 1.00. The summed E-state index contributed by atoms with van der Waals surface area (Å²) < 4.78 is 0. The molecule has 102 valence electrons. The van der Waals surface area contributed by atoms with E-state index >= 15 is 0 Å².